The predicted octanol–water partition coefficient (Wildman–Crippen LogP) is 2.05. The summed E-state index contributed by atoms with van der Waals surface area (Å²) in [6, 6.07) is 10.5. The number of hydrogen-bond donors (Lipinski definition) is 2. The van der Waals surface area contributed by atoms with Gasteiger partial charge in [0.2, 0.25) is 5.91 Å². The van der Waals surface area contributed by atoms with Crippen molar-refractivity contribution >= 4 is 11.8 Å². The number of quaternary nitrogens is 1. The van der Waals surface area contributed by atoms with Crippen LogP contribution in [0.3, 0.4) is 0 Å². The molecule has 35 heavy (non-hydrogen) atoms. The minimum Gasteiger partial charge on any atom is -0.497 e. The predicted molar refractivity (Wildman–Crippen MR) is 135 cm³/mol. The zero-order chi connectivity index (χ0) is 25.5. The molecule has 0 radical (unpaired) electrons. The Morgan fingerprint density at radius 1 is 1.00 bits per heavy atom. The van der Waals surface area contributed by atoms with Crippen LogP contribution in [-0.4, -0.2) is 71.3 Å². The molecule has 190 valence electrons. The monoisotopic (exact) mass is 484 g/mol. The van der Waals surface area contributed by atoms with Crippen LogP contribution in [-0.2, 0) is 4.79 Å². The number of benzene rings is 2. The van der Waals surface area contributed by atoms with Crippen molar-refractivity contribution in [2.45, 2.75) is 32.2 Å². The number of amides is 2. The molecular weight excluding hydrogens is 446 g/mol. The largest absolute Gasteiger partial charge is 0.497 e. The van der Waals surface area contributed by atoms with Gasteiger partial charge in [-0.3, -0.25) is 9.59 Å². The Kier molecular flexibility index (Phi) is 8.98. The first-order valence-corrected chi connectivity index (χ1v) is 12.2. The van der Waals surface area contributed by atoms with Gasteiger partial charge in [0, 0.05) is 25.6 Å². The summed E-state index contributed by atoms with van der Waals surface area (Å²) < 4.78 is 16.2. The fourth-order valence-electron chi connectivity index (χ4n) is 4.81. The van der Waals surface area contributed by atoms with Crippen molar-refractivity contribution in [2.24, 2.45) is 0 Å². The van der Waals surface area contributed by atoms with Crippen LogP contribution < -0.4 is 24.4 Å². The van der Waals surface area contributed by atoms with Gasteiger partial charge in [0.25, 0.3) is 5.91 Å². The molecule has 0 saturated heterocycles. The minimum absolute atomic E-state index is 0.117. The van der Waals surface area contributed by atoms with E-state index in [9.17, 15) is 9.59 Å². The molecule has 2 atom stereocenters. The van der Waals surface area contributed by atoms with Crippen LogP contribution in [0, 0.1) is 0 Å². The lowest BCUT2D eigenvalue weighted by atomic mass is 9.79. The third-order valence-corrected chi connectivity index (χ3v) is 6.92. The van der Waals surface area contributed by atoms with Crippen molar-refractivity contribution < 1.29 is 28.7 Å². The second kappa shape index (κ2) is 11.9. The Labute approximate surface area is 208 Å². The summed E-state index contributed by atoms with van der Waals surface area (Å²) in [4.78, 5) is 30.3. The van der Waals surface area contributed by atoms with E-state index in [0.29, 0.717) is 34.9 Å². The van der Waals surface area contributed by atoms with Crippen molar-refractivity contribution in [1.29, 1.82) is 0 Å². The van der Waals surface area contributed by atoms with Gasteiger partial charge in [-0.2, -0.15) is 0 Å². The van der Waals surface area contributed by atoms with Crippen molar-refractivity contribution in [2.75, 3.05) is 54.6 Å². The highest BCUT2D eigenvalue weighted by molar-refractivity contribution is 6.02. The minimum atomic E-state index is -0.610. The molecule has 0 saturated carbocycles. The molecule has 8 nitrogen and oxygen atoms in total. The summed E-state index contributed by atoms with van der Waals surface area (Å²) in [6.45, 7) is 8.05. The lowest BCUT2D eigenvalue weighted by Gasteiger charge is -2.40. The summed E-state index contributed by atoms with van der Waals surface area (Å²) in [6.07, 6.45) is 0.885. The topological polar surface area (TPSA) is 81.5 Å². The second-order valence-electron chi connectivity index (χ2n) is 8.76. The first kappa shape index (κ1) is 26.3. The molecule has 0 bridgehead atoms. The SMILES string of the molecule is CC[NH+](CC)CCCNC(=O)C1c2cc(OC)c(OC)cc2C(=O)N(C)C1c1ccc(OC)cc1. The van der Waals surface area contributed by atoms with Crippen LogP contribution in [0.4, 0.5) is 0 Å². The molecule has 1 heterocycles. The molecule has 0 aromatic heterocycles. The fourth-order valence-corrected chi connectivity index (χ4v) is 4.81. The van der Waals surface area contributed by atoms with Gasteiger partial charge in [0.05, 0.1) is 52.9 Å². The first-order valence-electron chi connectivity index (χ1n) is 12.2. The van der Waals surface area contributed by atoms with E-state index in [4.69, 9.17) is 14.2 Å². The molecular formula is C27H38N3O5+. The number of carbonyl (C=O) groups is 2. The quantitative estimate of drug-likeness (QED) is 0.477. The van der Waals surface area contributed by atoms with Crippen LogP contribution >= 0.6 is 0 Å². The van der Waals surface area contributed by atoms with Gasteiger partial charge in [-0.15, -0.1) is 0 Å². The van der Waals surface area contributed by atoms with Crippen molar-refractivity contribution in [3.8, 4) is 17.2 Å². The van der Waals surface area contributed by atoms with Gasteiger partial charge in [-0.1, -0.05) is 12.1 Å². The summed E-state index contributed by atoms with van der Waals surface area (Å²) >= 11 is 0. The number of carbonyl (C=O) groups excluding carboxylic acids is 2. The van der Waals surface area contributed by atoms with Gasteiger partial charge in [0.1, 0.15) is 5.75 Å². The third kappa shape index (κ3) is 5.53. The van der Waals surface area contributed by atoms with Crippen molar-refractivity contribution in [3.05, 3.63) is 53.1 Å². The molecule has 0 aliphatic carbocycles. The Hall–Kier alpha value is -3.26. The average molecular weight is 485 g/mol. The highest BCUT2D eigenvalue weighted by Gasteiger charge is 2.43. The van der Waals surface area contributed by atoms with Crippen LogP contribution in [0.2, 0.25) is 0 Å². The molecule has 1 aliphatic heterocycles. The van der Waals surface area contributed by atoms with Gasteiger partial charge in [-0.25, -0.2) is 0 Å². The molecule has 3 rings (SSSR count). The highest BCUT2D eigenvalue weighted by atomic mass is 16.5. The molecule has 2 aromatic rings. The van der Waals surface area contributed by atoms with E-state index in [0.717, 1.165) is 31.6 Å². The van der Waals surface area contributed by atoms with Crippen molar-refractivity contribution in [3.63, 3.8) is 0 Å². The number of nitrogens with one attached hydrogen (secondary N) is 2. The second-order valence-corrected chi connectivity index (χ2v) is 8.76. The third-order valence-electron chi connectivity index (χ3n) is 6.92. The number of likely N-dealkylation sites (N-methyl/N-ethyl adjacent to an activating group) is 1. The van der Waals surface area contributed by atoms with E-state index in [2.05, 4.69) is 19.2 Å². The van der Waals surface area contributed by atoms with Crippen LogP contribution in [0.1, 0.15) is 53.7 Å². The molecule has 2 N–H and O–H groups in total. The Morgan fingerprint density at radius 2 is 1.63 bits per heavy atom. The standard InChI is InChI=1S/C27H37N3O5/c1-7-30(8-2)15-9-14-28-26(31)24-20-16-22(34-5)23(35-6)17-21(20)27(32)29(3)25(24)18-10-12-19(33-4)13-11-18/h10-13,16-17,24-25H,7-9,14-15H2,1-6H3,(H,28,31)/p+1. The maximum absolute atomic E-state index is 13.7. The summed E-state index contributed by atoms with van der Waals surface area (Å²) in [5.74, 6) is 0.758. The van der Waals surface area contributed by atoms with Gasteiger partial charge < -0.3 is 29.3 Å². The number of fused-ring (bicyclic) bond motifs is 1. The zero-order valence-electron chi connectivity index (χ0n) is 21.6. The van der Waals surface area contributed by atoms with Gasteiger partial charge in [-0.05, 0) is 49.2 Å². The highest BCUT2D eigenvalue weighted by Crippen LogP contribution is 2.45. The number of nitrogens with zero attached hydrogens (tertiary/aromatic N) is 1. The van der Waals surface area contributed by atoms with E-state index in [1.54, 1.807) is 38.3 Å². The van der Waals surface area contributed by atoms with Crippen LogP contribution in [0.5, 0.6) is 17.2 Å². The number of hydrogen-bond acceptors (Lipinski definition) is 5. The Balaban J connectivity index is 2.00. The molecule has 2 aromatic carbocycles. The van der Waals surface area contributed by atoms with E-state index < -0.39 is 12.0 Å². The molecule has 0 spiro atoms. The van der Waals surface area contributed by atoms with E-state index in [1.807, 2.05) is 24.3 Å². The molecule has 8 heteroatoms. The lowest BCUT2D eigenvalue weighted by Crippen LogP contribution is -3.11. The summed E-state index contributed by atoms with van der Waals surface area (Å²) in [7, 11) is 6.42. The Morgan fingerprint density at radius 3 is 2.20 bits per heavy atom. The summed E-state index contributed by atoms with van der Waals surface area (Å²) in [5, 5.41) is 3.13. The van der Waals surface area contributed by atoms with Crippen LogP contribution in [0.15, 0.2) is 36.4 Å². The van der Waals surface area contributed by atoms with Crippen molar-refractivity contribution in [1.82, 2.24) is 10.2 Å². The van der Waals surface area contributed by atoms with E-state index in [-0.39, 0.29) is 11.8 Å². The molecule has 2 amide bonds. The molecule has 2 unspecified atom stereocenters. The summed E-state index contributed by atoms with van der Waals surface area (Å²) in [5.41, 5.74) is 1.94. The number of methoxy groups -OCH3 is 3. The lowest BCUT2D eigenvalue weighted by molar-refractivity contribution is -0.896. The molecule has 0 fully saturated rings. The average Bonchev–Trinajstić information content (AvgIpc) is 2.89. The van der Waals surface area contributed by atoms with E-state index in [1.165, 1.54) is 12.0 Å². The van der Waals surface area contributed by atoms with Crippen LogP contribution in [0.25, 0.3) is 0 Å². The fraction of sp³-hybridized carbons (Fsp3) is 0.481. The van der Waals surface area contributed by atoms with E-state index >= 15 is 0 Å². The zero-order valence-corrected chi connectivity index (χ0v) is 21.6. The maximum atomic E-state index is 13.7. The number of rotatable bonds is 11. The van der Waals surface area contributed by atoms with Gasteiger partial charge >= 0.3 is 0 Å². The smallest absolute Gasteiger partial charge is 0.254 e. The number of ether oxygens (including phenoxy) is 3. The normalized spacial score (nSPS) is 17.2. The van der Waals surface area contributed by atoms with Gasteiger partial charge in [0.15, 0.2) is 11.5 Å². The Bertz CT molecular complexity index is 1020. The molecule has 1 aliphatic rings. The maximum Gasteiger partial charge on any atom is 0.254 e. The first-order chi connectivity index (χ1) is 16.9.